The van der Waals surface area contributed by atoms with Crippen LogP contribution < -0.4 is 15.8 Å². The third-order valence-corrected chi connectivity index (χ3v) is 8.11. The van der Waals surface area contributed by atoms with Crippen LogP contribution in [0, 0.1) is 23.6 Å². The molecule has 0 bridgehead atoms. The minimum Gasteiger partial charge on any atom is -0.296 e. The van der Waals surface area contributed by atoms with Crippen LogP contribution in [0.1, 0.15) is 25.2 Å². The first-order valence-corrected chi connectivity index (χ1v) is 12.4. The van der Waals surface area contributed by atoms with Gasteiger partial charge in [-0.05, 0) is 36.2 Å². The van der Waals surface area contributed by atoms with E-state index in [1.807, 2.05) is 44.2 Å². The smallest absolute Gasteiger partial charge is 0.266 e. The van der Waals surface area contributed by atoms with Gasteiger partial charge in [-0.1, -0.05) is 56.3 Å². The molecule has 0 aliphatic carbocycles. The van der Waals surface area contributed by atoms with E-state index in [2.05, 4.69) is 5.32 Å². The molecule has 1 N–H and O–H groups in total. The van der Waals surface area contributed by atoms with Crippen LogP contribution in [0.25, 0.3) is 16.6 Å². The minimum absolute atomic E-state index is 0.0300. The first-order valence-electron chi connectivity index (χ1n) is 12.4. The fourth-order valence-corrected chi connectivity index (χ4v) is 6.59. The van der Waals surface area contributed by atoms with Gasteiger partial charge in [0.15, 0.2) is 0 Å². The Morgan fingerprint density at radius 2 is 1.57 bits per heavy atom. The number of imide groups is 1. The Balaban J connectivity index is 1.55. The summed E-state index contributed by atoms with van der Waals surface area (Å²) in [7, 11) is 0. The molecule has 2 amide bonds. The number of rotatable bonds is 2. The van der Waals surface area contributed by atoms with Crippen molar-refractivity contribution in [3.05, 3.63) is 100 Å². The number of fused-ring (bicyclic) bond motifs is 8. The molecule has 3 aliphatic rings. The maximum Gasteiger partial charge on any atom is 0.266 e. The molecule has 8 heteroatoms. The molecular weight excluding hydrogens is 471 g/mol. The van der Waals surface area contributed by atoms with Gasteiger partial charge in [-0.3, -0.25) is 24.3 Å². The molecule has 4 heterocycles. The first kappa shape index (κ1) is 22.1. The molecule has 184 valence electrons. The number of amides is 2. The molecule has 4 aromatic rings. The van der Waals surface area contributed by atoms with Gasteiger partial charge in [0.25, 0.3) is 5.56 Å². The number of carbonyl (C=O) groups is 2. The van der Waals surface area contributed by atoms with Gasteiger partial charge in [0.2, 0.25) is 11.8 Å². The summed E-state index contributed by atoms with van der Waals surface area (Å²) in [6.07, 6.45) is 0. The molecule has 3 aromatic carbocycles. The van der Waals surface area contributed by atoms with Gasteiger partial charge < -0.3 is 0 Å². The number of anilines is 1. The lowest BCUT2D eigenvalue weighted by Crippen LogP contribution is -2.51. The number of halogens is 1. The zero-order chi connectivity index (χ0) is 25.6. The van der Waals surface area contributed by atoms with Crippen molar-refractivity contribution in [2.24, 2.45) is 17.8 Å². The molecule has 0 radical (unpaired) electrons. The van der Waals surface area contributed by atoms with Crippen molar-refractivity contribution in [2.75, 3.05) is 4.90 Å². The predicted molar refractivity (Wildman–Crippen MR) is 136 cm³/mol. The van der Waals surface area contributed by atoms with Crippen LogP contribution in [0.3, 0.4) is 0 Å². The first-order chi connectivity index (χ1) is 17.9. The van der Waals surface area contributed by atoms with Gasteiger partial charge in [-0.15, -0.1) is 0 Å². The van der Waals surface area contributed by atoms with Gasteiger partial charge >= 0.3 is 0 Å². The van der Waals surface area contributed by atoms with Gasteiger partial charge in [0.05, 0.1) is 34.1 Å². The lowest BCUT2D eigenvalue weighted by molar-refractivity contribution is -0.123. The number of nitrogens with zero attached hydrogens (tertiary/aromatic N) is 3. The van der Waals surface area contributed by atoms with E-state index in [0.717, 1.165) is 4.90 Å². The van der Waals surface area contributed by atoms with Crippen LogP contribution in [0.2, 0.25) is 0 Å². The zero-order valence-electron chi connectivity index (χ0n) is 20.2. The van der Waals surface area contributed by atoms with Crippen LogP contribution in [-0.2, 0) is 15.1 Å². The Labute approximate surface area is 211 Å². The Kier molecular flexibility index (Phi) is 4.43. The molecule has 1 spiro atoms. The van der Waals surface area contributed by atoms with Crippen molar-refractivity contribution in [1.82, 2.24) is 14.9 Å². The number of para-hydroxylation sites is 3. The molecule has 2 fully saturated rings. The molecule has 7 rings (SSSR count). The SMILES string of the molecule is CC(C)[C@@H]1N[C@@]2(c3ccccc3-n3c2nc2ccccc2c3=O)[C@H]2C(=O)N(c3ccccc3F)C(=O)[C@@H]12. The highest BCUT2D eigenvalue weighted by Gasteiger charge is 2.70. The fourth-order valence-electron chi connectivity index (χ4n) is 6.59. The van der Waals surface area contributed by atoms with E-state index in [1.54, 1.807) is 28.8 Å². The summed E-state index contributed by atoms with van der Waals surface area (Å²) in [5, 5.41) is 4.10. The normalized spacial score (nSPS) is 25.8. The molecule has 1 aromatic heterocycles. The van der Waals surface area contributed by atoms with E-state index < -0.39 is 41.0 Å². The number of benzene rings is 3. The van der Waals surface area contributed by atoms with Crippen molar-refractivity contribution in [1.29, 1.82) is 0 Å². The number of nitrogens with one attached hydrogen (secondary N) is 1. The molecule has 37 heavy (non-hydrogen) atoms. The van der Waals surface area contributed by atoms with Gasteiger partial charge in [0.1, 0.15) is 17.2 Å². The van der Waals surface area contributed by atoms with Crippen molar-refractivity contribution in [2.45, 2.75) is 25.4 Å². The second-order valence-electron chi connectivity index (χ2n) is 10.3. The summed E-state index contributed by atoms with van der Waals surface area (Å²) < 4.78 is 16.4. The maximum atomic E-state index is 14.9. The van der Waals surface area contributed by atoms with Crippen molar-refractivity contribution in [3.8, 4) is 5.69 Å². The minimum atomic E-state index is -1.23. The van der Waals surface area contributed by atoms with Crippen LogP contribution in [-0.4, -0.2) is 27.4 Å². The molecule has 7 nitrogen and oxygen atoms in total. The third kappa shape index (κ3) is 2.63. The average Bonchev–Trinajstić information content (AvgIpc) is 3.49. The highest BCUT2D eigenvalue weighted by Crippen LogP contribution is 2.56. The average molecular weight is 495 g/mol. The molecule has 2 saturated heterocycles. The van der Waals surface area contributed by atoms with Crippen LogP contribution in [0.5, 0.6) is 0 Å². The van der Waals surface area contributed by atoms with Crippen LogP contribution in [0.4, 0.5) is 10.1 Å². The molecule has 3 aliphatic heterocycles. The third-order valence-electron chi connectivity index (χ3n) is 8.11. The lowest BCUT2D eigenvalue weighted by atomic mass is 9.75. The summed E-state index contributed by atoms with van der Waals surface area (Å²) in [5.41, 5.74) is 0.330. The standard InChI is InChI=1S/C29H23FN4O3/c1-15(2)24-22-23(27(37)33(26(22)36)21-14-8-5-11-18(21)30)29(32-24)17-10-4-7-13-20(17)34-25(35)16-9-3-6-12-19(16)31-28(29)34/h3-15,22-24,32H,1-2H3/t22-,23-,24+,29+/m1/s1. The lowest BCUT2D eigenvalue weighted by Gasteiger charge is -2.32. The zero-order valence-corrected chi connectivity index (χ0v) is 20.2. The van der Waals surface area contributed by atoms with Crippen molar-refractivity contribution >= 4 is 28.4 Å². The van der Waals surface area contributed by atoms with Crippen LogP contribution >= 0.6 is 0 Å². The number of hydrogen-bond acceptors (Lipinski definition) is 5. The summed E-state index contributed by atoms with van der Waals surface area (Å²) in [6, 6.07) is 19.9. The van der Waals surface area contributed by atoms with Gasteiger partial charge in [0, 0.05) is 11.6 Å². The quantitative estimate of drug-likeness (QED) is 0.431. The second kappa shape index (κ2) is 7.43. The largest absolute Gasteiger partial charge is 0.296 e. The number of hydrogen-bond donors (Lipinski definition) is 1. The summed E-state index contributed by atoms with van der Waals surface area (Å²) in [4.78, 5) is 47.9. The van der Waals surface area contributed by atoms with E-state index in [0.29, 0.717) is 28.0 Å². The molecule has 0 saturated carbocycles. The van der Waals surface area contributed by atoms with E-state index in [4.69, 9.17) is 4.98 Å². The summed E-state index contributed by atoms with van der Waals surface area (Å²) in [6.45, 7) is 3.97. The van der Waals surface area contributed by atoms with Crippen molar-refractivity contribution in [3.63, 3.8) is 0 Å². The Morgan fingerprint density at radius 3 is 2.32 bits per heavy atom. The van der Waals surface area contributed by atoms with E-state index in [-0.39, 0.29) is 17.2 Å². The topological polar surface area (TPSA) is 84.3 Å². The number of carbonyl (C=O) groups excluding carboxylic acids is 2. The molecule has 0 unspecified atom stereocenters. The monoisotopic (exact) mass is 494 g/mol. The summed E-state index contributed by atoms with van der Waals surface area (Å²) >= 11 is 0. The second-order valence-corrected chi connectivity index (χ2v) is 10.3. The predicted octanol–water partition coefficient (Wildman–Crippen LogP) is 3.52. The fraction of sp³-hybridized carbons (Fsp3) is 0.241. The number of aromatic nitrogens is 2. The van der Waals surface area contributed by atoms with E-state index >= 15 is 0 Å². The Bertz CT molecular complexity index is 1710. The Hall–Kier alpha value is -4.17. The van der Waals surface area contributed by atoms with Gasteiger partial charge in [-0.25, -0.2) is 14.3 Å². The van der Waals surface area contributed by atoms with E-state index in [9.17, 15) is 18.8 Å². The highest BCUT2D eigenvalue weighted by molar-refractivity contribution is 6.23. The van der Waals surface area contributed by atoms with Gasteiger partial charge in [-0.2, -0.15) is 0 Å². The Morgan fingerprint density at radius 1 is 0.892 bits per heavy atom. The van der Waals surface area contributed by atoms with Crippen molar-refractivity contribution < 1.29 is 14.0 Å². The summed E-state index contributed by atoms with van der Waals surface area (Å²) in [5.74, 6) is -2.89. The van der Waals surface area contributed by atoms with E-state index in [1.165, 1.54) is 18.2 Å². The van der Waals surface area contributed by atoms with Crippen LogP contribution in [0.15, 0.2) is 77.6 Å². The maximum absolute atomic E-state index is 14.9. The molecular formula is C29H23FN4O3. The molecule has 4 atom stereocenters. The highest BCUT2D eigenvalue weighted by atomic mass is 19.1.